The zero-order valence-electron chi connectivity index (χ0n) is 13.9. The number of imidazole rings is 1. The number of nitrogens with zero attached hydrogens (tertiary/aromatic N) is 1. The molecule has 2 saturated heterocycles. The number of benzene rings is 1. The molecule has 0 spiro atoms. The van der Waals surface area contributed by atoms with Gasteiger partial charge < -0.3 is 20.4 Å². The van der Waals surface area contributed by atoms with Crippen molar-refractivity contribution in [3.8, 4) is 0 Å². The number of fused-ring (bicyclic) bond motifs is 1. The number of halogens is 2. The number of piperidine rings is 1. The number of nitrogens with one attached hydrogen (secondary N) is 3. The highest BCUT2D eigenvalue weighted by molar-refractivity contribution is 5.94. The molecule has 1 aromatic carbocycles. The second-order valence-corrected chi connectivity index (χ2v) is 6.39. The summed E-state index contributed by atoms with van der Waals surface area (Å²) in [5.74, 6) is 1.04. The van der Waals surface area contributed by atoms with E-state index in [1.165, 1.54) is 0 Å². The molecule has 1 amide bonds. The molecule has 6 nitrogen and oxygen atoms in total. The molecule has 3 N–H and O–H groups in total. The number of carbonyl (C=O) groups is 1. The molecule has 2 unspecified atom stereocenters. The number of aromatic nitrogens is 2. The fourth-order valence-electron chi connectivity index (χ4n) is 3.37. The van der Waals surface area contributed by atoms with Gasteiger partial charge in [-0.2, -0.15) is 0 Å². The molecule has 0 radical (unpaired) electrons. The van der Waals surface area contributed by atoms with Crippen LogP contribution in [0.4, 0.5) is 5.69 Å². The number of amides is 1. The Kier molecular flexibility index (Phi) is 7.07. The first kappa shape index (κ1) is 20.0. The summed E-state index contributed by atoms with van der Waals surface area (Å²) in [7, 11) is 0. The number of carbonyl (C=O) groups excluding carboxylic acids is 1. The Hall–Kier alpha value is -1.34. The van der Waals surface area contributed by atoms with Gasteiger partial charge in [0.05, 0.1) is 17.0 Å². The zero-order chi connectivity index (χ0) is 15.6. The van der Waals surface area contributed by atoms with Crippen molar-refractivity contribution in [3.05, 3.63) is 24.0 Å². The van der Waals surface area contributed by atoms with Crippen molar-refractivity contribution in [2.24, 2.45) is 5.92 Å². The Morgan fingerprint density at radius 1 is 1.24 bits per heavy atom. The quantitative estimate of drug-likeness (QED) is 0.756. The van der Waals surface area contributed by atoms with E-state index in [1.807, 2.05) is 18.2 Å². The maximum absolute atomic E-state index is 12.3. The molecule has 2 atom stereocenters. The highest BCUT2D eigenvalue weighted by Crippen LogP contribution is 2.28. The Morgan fingerprint density at radius 3 is 2.84 bits per heavy atom. The number of hydrogen-bond acceptors (Lipinski definition) is 4. The molecule has 2 fully saturated rings. The lowest BCUT2D eigenvalue weighted by Crippen LogP contribution is -2.37. The van der Waals surface area contributed by atoms with Gasteiger partial charge in [-0.25, -0.2) is 4.98 Å². The molecule has 0 bridgehead atoms. The Balaban J connectivity index is 0.00000113. The second-order valence-electron chi connectivity index (χ2n) is 6.39. The minimum absolute atomic E-state index is 0. The Bertz CT molecular complexity index is 710. The van der Waals surface area contributed by atoms with Crippen LogP contribution < -0.4 is 10.6 Å². The third-order valence-electron chi connectivity index (χ3n) is 4.67. The van der Waals surface area contributed by atoms with E-state index in [1.54, 1.807) is 0 Å². The number of ether oxygens (including phenoxy) is 1. The molecule has 4 rings (SSSR count). The molecule has 2 aliphatic rings. The van der Waals surface area contributed by atoms with Gasteiger partial charge in [-0.15, -0.1) is 24.8 Å². The lowest BCUT2D eigenvalue weighted by atomic mass is 9.99. The minimum Gasteiger partial charge on any atom is -0.370 e. The van der Waals surface area contributed by atoms with Gasteiger partial charge in [0, 0.05) is 18.8 Å². The van der Waals surface area contributed by atoms with E-state index in [0.29, 0.717) is 0 Å². The van der Waals surface area contributed by atoms with Crippen LogP contribution in [0.2, 0.25) is 0 Å². The van der Waals surface area contributed by atoms with Crippen molar-refractivity contribution in [2.75, 3.05) is 25.0 Å². The maximum Gasteiger partial charge on any atom is 0.228 e. The van der Waals surface area contributed by atoms with Crippen LogP contribution in [0.5, 0.6) is 0 Å². The topological polar surface area (TPSA) is 79.0 Å². The second kappa shape index (κ2) is 8.85. The predicted molar refractivity (Wildman–Crippen MR) is 103 cm³/mol. The smallest absolute Gasteiger partial charge is 0.228 e. The van der Waals surface area contributed by atoms with E-state index in [0.717, 1.165) is 67.9 Å². The van der Waals surface area contributed by atoms with Crippen LogP contribution in [0.15, 0.2) is 18.2 Å². The number of rotatable bonds is 3. The first-order chi connectivity index (χ1) is 11.3. The third kappa shape index (κ3) is 4.44. The summed E-state index contributed by atoms with van der Waals surface area (Å²) in [5, 5.41) is 6.30. The molecule has 25 heavy (non-hydrogen) atoms. The first-order valence-corrected chi connectivity index (χ1v) is 8.42. The summed E-state index contributed by atoms with van der Waals surface area (Å²) in [6, 6.07) is 5.81. The largest absolute Gasteiger partial charge is 0.370 e. The van der Waals surface area contributed by atoms with Gasteiger partial charge in [-0.1, -0.05) is 0 Å². The van der Waals surface area contributed by atoms with E-state index >= 15 is 0 Å². The van der Waals surface area contributed by atoms with Gasteiger partial charge in [0.25, 0.3) is 0 Å². The highest BCUT2D eigenvalue weighted by atomic mass is 35.5. The van der Waals surface area contributed by atoms with Crippen LogP contribution >= 0.6 is 24.8 Å². The van der Waals surface area contributed by atoms with E-state index in [-0.39, 0.29) is 42.7 Å². The number of H-pyrrole nitrogens is 1. The summed E-state index contributed by atoms with van der Waals surface area (Å²) < 4.78 is 5.67. The zero-order valence-corrected chi connectivity index (χ0v) is 15.5. The molecule has 2 aliphatic heterocycles. The summed E-state index contributed by atoms with van der Waals surface area (Å²) >= 11 is 0. The first-order valence-electron chi connectivity index (χ1n) is 8.42. The standard InChI is InChI=1S/C17H22N4O2.2ClH/c22-17(11-3-1-7-18-10-11)19-12-5-6-13-14(9-12)21-16(20-13)15-4-2-8-23-15;;/h5-6,9,11,15,18H,1-4,7-8,10H2,(H,19,22)(H,20,21);2*1H. The molecular weight excluding hydrogens is 363 g/mol. The SMILES string of the molecule is Cl.Cl.O=C(Nc1ccc2nc(C3CCCO3)[nH]c2c1)C1CCCNC1. The van der Waals surface area contributed by atoms with Crippen molar-refractivity contribution >= 4 is 47.4 Å². The molecule has 1 aromatic heterocycles. The lowest BCUT2D eigenvalue weighted by molar-refractivity contribution is -0.120. The molecule has 138 valence electrons. The number of anilines is 1. The van der Waals surface area contributed by atoms with Crippen molar-refractivity contribution in [1.82, 2.24) is 15.3 Å². The van der Waals surface area contributed by atoms with E-state index in [4.69, 9.17) is 4.74 Å². The van der Waals surface area contributed by atoms with Gasteiger partial charge in [-0.05, 0) is 50.4 Å². The molecule has 3 heterocycles. The Labute approximate surface area is 159 Å². The van der Waals surface area contributed by atoms with Crippen LogP contribution in [0.25, 0.3) is 11.0 Å². The third-order valence-corrected chi connectivity index (χ3v) is 4.67. The van der Waals surface area contributed by atoms with Gasteiger partial charge in [0.2, 0.25) is 5.91 Å². The van der Waals surface area contributed by atoms with E-state index < -0.39 is 0 Å². The van der Waals surface area contributed by atoms with E-state index in [9.17, 15) is 4.79 Å². The monoisotopic (exact) mass is 386 g/mol. The van der Waals surface area contributed by atoms with Crippen molar-refractivity contribution in [2.45, 2.75) is 31.8 Å². The predicted octanol–water partition coefficient (Wildman–Crippen LogP) is 3.20. The average molecular weight is 387 g/mol. The normalized spacial score (nSPS) is 22.9. The van der Waals surface area contributed by atoms with Crippen LogP contribution in [0.3, 0.4) is 0 Å². The van der Waals surface area contributed by atoms with Gasteiger partial charge in [0.15, 0.2) is 0 Å². The minimum atomic E-state index is 0. The summed E-state index contributed by atoms with van der Waals surface area (Å²) in [6.07, 6.45) is 4.18. The van der Waals surface area contributed by atoms with Crippen molar-refractivity contribution in [1.29, 1.82) is 0 Å². The average Bonchev–Trinajstić information content (AvgIpc) is 3.24. The molecule has 8 heteroatoms. The van der Waals surface area contributed by atoms with Crippen LogP contribution in [-0.2, 0) is 9.53 Å². The Morgan fingerprint density at radius 2 is 2.12 bits per heavy atom. The van der Waals surface area contributed by atoms with Gasteiger partial charge in [-0.3, -0.25) is 4.79 Å². The molecule has 2 aromatic rings. The van der Waals surface area contributed by atoms with Crippen LogP contribution in [-0.4, -0.2) is 35.6 Å². The van der Waals surface area contributed by atoms with Gasteiger partial charge in [0.1, 0.15) is 11.9 Å². The highest BCUT2D eigenvalue weighted by Gasteiger charge is 2.22. The van der Waals surface area contributed by atoms with Crippen LogP contribution in [0.1, 0.15) is 37.6 Å². The number of hydrogen-bond donors (Lipinski definition) is 3. The van der Waals surface area contributed by atoms with Crippen molar-refractivity contribution < 1.29 is 9.53 Å². The van der Waals surface area contributed by atoms with E-state index in [2.05, 4.69) is 20.6 Å². The fourth-order valence-corrected chi connectivity index (χ4v) is 3.37. The maximum atomic E-state index is 12.3. The molecule has 0 aliphatic carbocycles. The summed E-state index contributed by atoms with van der Waals surface area (Å²) in [5.41, 5.74) is 2.67. The number of aromatic amines is 1. The molecular formula is C17H24Cl2N4O2. The van der Waals surface area contributed by atoms with Crippen molar-refractivity contribution in [3.63, 3.8) is 0 Å². The lowest BCUT2D eigenvalue weighted by Gasteiger charge is -2.21. The molecule has 0 saturated carbocycles. The summed E-state index contributed by atoms with van der Waals surface area (Å²) in [6.45, 7) is 2.58. The fraction of sp³-hybridized carbons (Fsp3) is 0.529. The van der Waals surface area contributed by atoms with Gasteiger partial charge >= 0.3 is 0 Å². The summed E-state index contributed by atoms with van der Waals surface area (Å²) in [4.78, 5) is 20.3. The van der Waals surface area contributed by atoms with Crippen LogP contribution in [0, 0.1) is 5.92 Å².